The van der Waals surface area contributed by atoms with Gasteiger partial charge in [-0.25, -0.2) is 9.97 Å². The number of hydrogen-bond acceptors (Lipinski definition) is 5. The van der Waals surface area contributed by atoms with Gasteiger partial charge >= 0.3 is 6.01 Å². The summed E-state index contributed by atoms with van der Waals surface area (Å²) in [6.07, 6.45) is 4.43. The first-order valence-corrected chi connectivity index (χ1v) is 3.94. The molecule has 2 radical (unpaired) electrons. The Bertz CT molecular complexity index is 387. The van der Waals surface area contributed by atoms with Crippen molar-refractivity contribution in [2.45, 2.75) is 6.61 Å². The van der Waals surface area contributed by atoms with Gasteiger partial charge in [-0.05, 0) is 0 Å². The smallest absolute Gasteiger partial charge is 0.316 e. The highest BCUT2D eigenvalue weighted by atomic mass is 16.5. The monoisotopic (exact) mass is 187 g/mol. The lowest BCUT2D eigenvalue weighted by molar-refractivity contribution is 0.267. The van der Waals surface area contributed by atoms with Crippen LogP contribution in [0.4, 0.5) is 0 Å². The predicted molar refractivity (Wildman–Crippen MR) is 48.3 cm³/mol. The molecule has 0 N–H and O–H groups in total. The molecule has 6 heteroatoms. The summed E-state index contributed by atoms with van der Waals surface area (Å²) in [4.78, 5) is 7.72. The minimum absolute atomic E-state index is 0.266. The molecule has 0 fully saturated rings. The van der Waals surface area contributed by atoms with E-state index in [0.717, 1.165) is 0 Å². The molecule has 0 amide bonds. The Morgan fingerprint density at radius 2 is 2.14 bits per heavy atom. The third-order valence-corrected chi connectivity index (χ3v) is 1.49. The van der Waals surface area contributed by atoms with E-state index in [4.69, 9.17) is 12.6 Å². The highest BCUT2D eigenvalue weighted by Crippen LogP contribution is 2.01. The summed E-state index contributed by atoms with van der Waals surface area (Å²) in [5.74, 6) is 0. The third kappa shape index (κ3) is 2.10. The molecule has 0 saturated carbocycles. The van der Waals surface area contributed by atoms with Crippen LogP contribution in [0.5, 0.6) is 6.01 Å². The van der Waals surface area contributed by atoms with Crippen molar-refractivity contribution >= 4 is 13.3 Å². The van der Waals surface area contributed by atoms with Gasteiger partial charge in [0.25, 0.3) is 0 Å². The van der Waals surface area contributed by atoms with E-state index in [1.165, 1.54) is 18.7 Å². The van der Waals surface area contributed by atoms with Crippen LogP contribution in [-0.2, 0) is 6.61 Å². The average molecular weight is 187 g/mol. The molecular weight excluding hydrogens is 181 g/mol. The van der Waals surface area contributed by atoms with Gasteiger partial charge in [0.05, 0.1) is 0 Å². The molecule has 0 spiro atoms. The van der Waals surface area contributed by atoms with Gasteiger partial charge in [-0.2, -0.15) is 0 Å². The van der Waals surface area contributed by atoms with Crippen molar-refractivity contribution in [1.29, 1.82) is 0 Å². The van der Waals surface area contributed by atoms with E-state index < -0.39 is 0 Å². The van der Waals surface area contributed by atoms with Crippen LogP contribution in [0.2, 0.25) is 0 Å². The maximum atomic E-state index is 5.41. The van der Waals surface area contributed by atoms with Gasteiger partial charge in [0.1, 0.15) is 26.4 Å². The minimum Gasteiger partial charge on any atom is -0.457 e. The number of rotatable bonds is 3. The molecule has 2 aromatic rings. The number of aromatic nitrogens is 3. The first-order valence-electron chi connectivity index (χ1n) is 3.94. The van der Waals surface area contributed by atoms with Crippen LogP contribution in [-0.4, -0.2) is 23.0 Å². The van der Waals surface area contributed by atoms with Gasteiger partial charge in [-0.15, -0.1) is 0 Å². The van der Waals surface area contributed by atoms with Crippen LogP contribution in [0.25, 0.3) is 0 Å². The van der Waals surface area contributed by atoms with Gasteiger partial charge in [0.15, 0.2) is 0 Å². The second-order valence-corrected chi connectivity index (χ2v) is 2.58. The highest BCUT2D eigenvalue weighted by Gasteiger charge is 1.99. The lowest BCUT2D eigenvalue weighted by Gasteiger charge is -2.00. The van der Waals surface area contributed by atoms with Crippen molar-refractivity contribution in [1.82, 2.24) is 15.1 Å². The second kappa shape index (κ2) is 3.91. The standard InChI is InChI=1S/C8H6BN3O2/c9-6-3-10-8(11-4-6)13-5-7-1-2-14-12-7/h1-4H,5H2. The number of ether oxygens (including phenoxy) is 1. The summed E-state index contributed by atoms with van der Waals surface area (Å²) < 4.78 is 9.84. The van der Waals surface area contributed by atoms with Gasteiger partial charge in [0, 0.05) is 18.5 Å². The topological polar surface area (TPSA) is 61.0 Å². The van der Waals surface area contributed by atoms with E-state index in [1.807, 2.05) is 0 Å². The van der Waals surface area contributed by atoms with Crippen LogP contribution in [0.3, 0.4) is 0 Å². The van der Waals surface area contributed by atoms with Gasteiger partial charge in [0.2, 0.25) is 0 Å². The van der Waals surface area contributed by atoms with E-state index in [-0.39, 0.29) is 12.6 Å². The molecule has 68 valence electrons. The number of nitrogens with zero attached hydrogens (tertiary/aromatic N) is 3. The molecule has 0 aliphatic heterocycles. The van der Waals surface area contributed by atoms with Crippen molar-refractivity contribution in [2.75, 3.05) is 0 Å². The Kier molecular flexibility index (Phi) is 2.44. The molecule has 0 aliphatic rings. The Morgan fingerprint density at radius 3 is 2.79 bits per heavy atom. The van der Waals surface area contributed by atoms with Crippen molar-refractivity contribution < 1.29 is 9.26 Å². The zero-order chi connectivity index (χ0) is 9.80. The van der Waals surface area contributed by atoms with E-state index in [2.05, 4.69) is 19.6 Å². The van der Waals surface area contributed by atoms with Crippen molar-refractivity contribution in [3.63, 3.8) is 0 Å². The molecule has 0 atom stereocenters. The summed E-state index contributed by atoms with van der Waals surface area (Å²) in [6.45, 7) is 0.278. The van der Waals surface area contributed by atoms with Gasteiger partial charge < -0.3 is 9.26 Å². The molecule has 0 aromatic carbocycles. The van der Waals surface area contributed by atoms with Crippen molar-refractivity contribution in [3.8, 4) is 6.01 Å². The Hall–Kier alpha value is -1.85. The first-order chi connectivity index (χ1) is 6.84. The molecule has 0 aliphatic carbocycles. The fourth-order valence-corrected chi connectivity index (χ4v) is 0.851. The predicted octanol–water partition coefficient (Wildman–Crippen LogP) is -0.163. The van der Waals surface area contributed by atoms with Crippen molar-refractivity contribution in [2.24, 2.45) is 0 Å². The molecule has 2 aromatic heterocycles. The van der Waals surface area contributed by atoms with Gasteiger partial charge in [-0.3, -0.25) is 0 Å². The van der Waals surface area contributed by atoms with Crippen molar-refractivity contribution in [3.05, 3.63) is 30.4 Å². The molecule has 0 bridgehead atoms. The average Bonchev–Trinajstić information content (AvgIpc) is 2.70. The molecule has 5 nitrogen and oxygen atoms in total. The molecule has 14 heavy (non-hydrogen) atoms. The normalized spacial score (nSPS) is 10.0. The van der Waals surface area contributed by atoms with Crippen LogP contribution in [0, 0.1) is 0 Å². The molecule has 2 heterocycles. The second-order valence-electron chi connectivity index (χ2n) is 2.58. The molecular formula is C8H6BN3O2. The molecule has 0 saturated heterocycles. The highest BCUT2D eigenvalue weighted by molar-refractivity contribution is 6.31. The lowest BCUT2D eigenvalue weighted by Crippen LogP contribution is -2.07. The Labute approximate surface area is 81.5 Å². The van der Waals surface area contributed by atoms with E-state index in [1.54, 1.807) is 6.07 Å². The Morgan fingerprint density at radius 1 is 1.36 bits per heavy atom. The number of hydrogen-bond donors (Lipinski definition) is 0. The summed E-state index contributed by atoms with van der Waals surface area (Å²) in [5.41, 5.74) is 1.18. The fourth-order valence-electron chi connectivity index (χ4n) is 0.851. The van der Waals surface area contributed by atoms with Crippen LogP contribution < -0.4 is 10.2 Å². The van der Waals surface area contributed by atoms with E-state index in [9.17, 15) is 0 Å². The van der Waals surface area contributed by atoms with Gasteiger partial charge in [-0.1, -0.05) is 10.6 Å². The fraction of sp³-hybridized carbons (Fsp3) is 0.125. The lowest BCUT2D eigenvalue weighted by atomic mass is 10.0. The summed E-state index contributed by atoms with van der Waals surface area (Å²) >= 11 is 0. The quantitative estimate of drug-likeness (QED) is 0.624. The maximum Gasteiger partial charge on any atom is 0.316 e. The SMILES string of the molecule is [B]c1cnc(OCc2ccon2)nc1. The van der Waals surface area contributed by atoms with Crippen LogP contribution in [0.15, 0.2) is 29.2 Å². The first kappa shape index (κ1) is 8.74. The van der Waals surface area contributed by atoms with E-state index in [0.29, 0.717) is 11.2 Å². The van der Waals surface area contributed by atoms with Crippen LogP contribution in [0.1, 0.15) is 5.69 Å². The minimum atomic E-state index is 0.266. The largest absolute Gasteiger partial charge is 0.457 e. The third-order valence-electron chi connectivity index (χ3n) is 1.49. The summed E-state index contributed by atoms with van der Waals surface area (Å²) in [6, 6.07) is 1.97. The zero-order valence-corrected chi connectivity index (χ0v) is 7.25. The molecule has 0 unspecified atom stereocenters. The summed E-state index contributed by atoms with van der Waals surface area (Å²) in [5, 5.41) is 3.67. The summed E-state index contributed by atoms with van der Waals surface area (Å²) in [7, 11) is 5.41. The zero-order valence-electron chi connectivity index (χ0n) is 7.25. The Balaban J connectivity index is 1.95. The van der Waals surface area contributed by atoms with Crippen LogP contribution >= 0.6 is 0 Å². The maximum absolute atomic E-state index is 5.41. The molecule has 2 rings (SSSR count). The van der Waals surface area contributed by atoms with E-state index >= 15 is 0 Å².